The van der Waals surface area contributed by atoms with E-state index in [1.54, 1.807) is 0 Å². The lowest BCUT2D eigenvalue weighted by Gasteiger charge is -2.08. The number of nitro groups is 8. The average molecular weight is 556 g/mol. The summed E-state index contributed by atoms with van der Waals surface area (Å²) in [5, 5.41) is 78.5. The lowest BCUT2D eigenvalue weighted by molar-refractivity contribution is -0.970. The monoisotopic (exact) mass is 556 g/mol. The number of ether oxygens (including phenoxy) is 2. The summed E-state index contributed by atoms with van der Waals surface area (Å²) in [4.78, 5) is 91.0. The predicted octanol–water partition coefficient (Wildman–Crippen LogP) is -4.05. The number of hydrogen-bond acceptors (Lipinski definition) is 20. The van der Waals surface area contributed by atoms with Crippen molar-refractivity contribution in [2.24, 2.45) is 0 Å². The zero-order valence-corrected chi connectivity index (χ0v) is 16.7. The topological polar surface area (TPSA) is 453 Å². The van der Waals surface area contributed by atoms with Crippen molar-refractivity contribution in [2.45, 2.75) is 11.6 Å². The molecule has 0 aliphatic carbocycles. The van der Waals surface area contributed by atoms with Gasteiger partial charge in [-0.05, 0) is 10.9 Å². The van der Waals surface area contributed by atoms with Crippen molar-refractivity contribution < 1.29 is 64.1 Å². The summed E-state index contributed by atoms with van der Waals surface area (Å²) in [6.45, 7) is -3.83. The Morgan fingerprint density at radius 1 is 0.514 bits per heavy atom. The number of carbonyl (C=O) groups is 2. The van der Waals surface area contributed by atoms with Crippen LogP contribution in [-0.4, -0.2) is 82.1 Å². The highest BCUT2D eigenvalue weighted by atomic mass is 16.8. The highest BCUT2D eigenvalue weighted by Crippen LogP contribution is 2.14. The summed E-state index contributed by atoms with van der Waals surface area (Å²) in [5.41, 5.74) is 1.65. The fourth-order valence-corrected chi connectivity index (χ4v) is 1.25. The van der Waals surface area contributed by atoms with Crippen LogP contribution >= 0.6 is 0 Å². The van der Waals surface area contributed by atoms with Gasteiger partial charge in [-0.15, -0.1) is 0 Å². The van der Waals surface area contributed by atoms with Crippen molar-refractivity contribution in [1.29, 1.82) is 0 Å². The van der Waals surface area contributed by atoms with Gasteiger partial charge >= 0.3 is 37.0 Å². The zero-order chi connectivity index (χ0) is 29.0. The molecule has 0 spiro atoms. The van der Waals surface area contributed by atoms with E-state index in [9.17, 15) is 90.5 Å². The van der Waals surface area contributed by atoms with Crippen LogP contribution in [0.15, 0.2) is 0 Å². The molecule has 0 bridgehead atoms. The van der Waals surface area contributed by atoms with Crippen LogP contribution in [0.25, 0.3) is 0 Å². The molecule has 0 aliphatic heterocycles. The molecule has 0 aromatic rings. The minimum absolute atomic E-state index is 0. The standard InChI is InChI=1S/2C3H3N5O10.H2O/c2*9-2(4-8(16)17)18-1-3(5(10)11,6(12)13)7(14)15;/h2*1H2,(H,4,9);1H2. The smallest absolute Gasteiger partial charge is 0.421 e. The molecule has 0 aliphatic rings. The van der Waals surface area contributed by atoms with Gasteiger partial charge in [0.1, 0.15) is 0 Å². The molecule has 0 aromatic heterocycles. The van der Waals surface area contributed by atoms with Crippen LogP contribution in [0.1, 0.15) is 0 Å². The molecule has 0 fully saturated rings. The lowest BCUT2D eigenvalue weighted by Crippen LogP contribution is -2.57. The van der Waals surface area contributed by atoms with Gasteiger partial charge in [0, 0.05) is 0 Å². The van der Waals surface area contributed by atoms with E-state index in [0.29, 0.717) is 0 Å². The molecular weight excluding hydrogens is 548 g/mol. The van der Waals surface area contributed by atoms with Crippen molar-refractivity contribution in [3.63, 3.8) is 0 Å². The molecule has 0 saturated heterocycles. The van der Waals surface area contributed by atoms with Crippen LogP contribution in [0.4, 0.5) is 9.59 Å². The van der Waals surface area contributed by atoms with Crippen molar-refractivity contribution in [1.82, 2.24) is 10.9 Å². The van der Waals surface area contributed by atoms with E-state index in [0.717, 1.165) is 10.9 Å². The maximum atomic E-state index is 10.5. The highest BCUT2D eigenvalue weighted by molar-refractivity contribution is 5.65. The molecule has 0 rings (SSSR count). The van der Waals surface area contributed by atoms with Crippen LogP contribution < -0.4 is 10.9 Å². The first-order valence-corrected chi connectivity index (χ1v) is 7.31. The third kappa shape index (κ3) is 9.23. The van der Waals surface area contributed by atoms with Crippen molar-refractivity contribution in [2.75, 3.05) is 13.2 Å². The van der Waals surface area contributed by atoms with Gasteiger partial charge in [-0.1, -0.05) is 0 Å². The fourth-order valence-electron chi connectivity index (χ4n) is 1.25. The maximum absolute atomic E-state index is 10.5. The van der Waals surface area contributed by atoms with Crippen LogP contribution in [0, 0.1) is 80.9 Å². The third-order valence-corrected chi connectivity index (χ3v) is 2.91. The van der Waals surface area contributed by atoms with Gasteiger partial charge in [-0.2, -0.15) is 0 Å². The first-order valence-electron chi connectivity index (χ1n) is 7.31. The number of carbonyl (C=O) groups excluding carboxylic acids is 2. The fraction of sp³-hybridized carbons (Fsp3) is 0.667. The Bertz CT molecular complexity index is 838. The number of nitrogens with zero attached hydrogens (tertiary/aromatic N) is 8. The SMILES string of the molecule is O.O=C(N[N+](=O)[O-])OCC([N+](=O)[O-])([N+](=O)[O-])[N+](=O)[O-].O=C(N[N+](=O)[O-])OCC([N+](=O)[O-])([N+](=O)[O-])[N+](=O)[O-]. The van der Waals surface area contributed by atoms with E-state index in [1.807, 2.05) is 0 Å². The van der Waals surface area contributed by atoms with E-state index in [2.05, 4.69) is 9.47 Å². The summed E-state index contributed by atoms with van der Waals surface area (Å²) >= 11 is 0. The first-order chi connectivity index (χ1) is 16.3. The molecule has 31 nitrogen and oxygen atoms in total. The molecule has 0 aromatic carbocycles. The van der Waals surface area contributed by atoms with E-state index in [1.165, 1.54) is 0 Å². The predicted molar refractivity (Wildman–Crippen MR) is 94.0 cm³/mol. The van der Waals surface area contributed by atoms with E-state index >= 15 is 0 Å². The van der Waals surface area contributed by atoms with Gasteiger partial charge in [0.05, 0.1) is 0 Å². The van der Waals surface area contributed by atoms with E-state index < -0.39 is 76.6 Å². The van der Waals surface area contributed by atoms with Crippen LogP contribution in [0.2, 0.25) is 0 Å². The molecule has 208 valence electrons. The quantitative estimate of drug-likeness (QED) is 0.131. The molecule has 0 atom stereocenters. The second kappa shape index (κ2) is 14.1. The second-order valence-electron chi connectivity index (χ2n) is 4.98. The Hall–Kier alpha value is -6.30. The summed E-state index contributed by atoms with van der Waals surface area (Å²) < 4.78 is 7.37. The van der Waals surface area contributed by atoms with E-state index in [-0.39, 0.29) is 5.48 Å². The molecule has 0 saturated carbocycles. The first kappa shape index (κ1) is 35.3. The Morgan fingerprint density at radius 3 is 0.838 bits per heavy atom. The molecular formula is C6H8N10O21. The number of hydrogen-bond donors (Lipinski definition) is 2. The Labute approximate surface area is 194 Å². The molecule has 31 heteroatoms. The molecule has 0 radical (unpaired) electrons. The Balaban J connectivity index is -0.000000608. The number of hydrazine groups is 2. The van der Waals surface area contributed by atoms with Crippen LogP contribution in [0.5, 0.6) is 0 Å². The summed E-state index contributed by atoms with van der Waals surface area (Å²) in [5.74, 6) is -8.04. The van der Waals surface area contributed by atoms with Gasteiger partial charge < -0.3 is 14.9 Å². The van der Waals surface area contributed by atoms with Crippen molar-refractivity contribution in [3.05, 3.63) is 80.9 Å². The molecule has 4 N–H and O–H groups in total. The van der Waals surface area contributed by atoms with Gasteiger partial charge in [-0.3, -0.25) is 60.7 Å². The van der Waals surface area contributed by atoms with Crippen molar-refractivity contribution >= 4 is 12.2 Å². The molecule has 2 amide bonds. The number of nitrogens with one attached hydrogen (secondary N) is 2. The minimum Gasteiger partial charge on any atom is -0.421 e. The number of amides is 2. The van der Waals surface area contributed by atoms with Gasteiger partial charge in [0.15, 0.2) is 39.6 Å². The molecule has 0 unspecified atom stereocenters. The third-order valence-electron chi connectivity index (χ3n) is 2.91. The van der Waals surface area contributed by atoms with Gasteiger partial charge in [0.25, 0.3) is 0 Å². The maximum Gasteiger partial charge on any atom is 0.734 e. The molecule has 0 heterocycles. The van der Waals surface area contributed by atoms with Crippen LogP contribution in [-0.2, 0) is 9.47 Å². The number of rotatable bonds is 12. The summed E-state index contributed by atoms with van der Waals surface area (Å²) in [6, 6.07) is 0. The largest absolute Gasteiger partial charge is 0.734 e. The van der Waals surface area contributed by atoms with Crippen LogP contribution in [0.3, 0.4) is 0 Å². The summed E-state index contributed by atoms with van der Waals surface area (Å²) in [7, 11) is 0. The van der Waals surface area contributed by atoms with Gasteiger partial charge in [-0.25, -0.2) is 29.8 Å². The minimum atomic E-state index is -4.02. The average Bonchev–Trinajstić information content (AvgIpc) is 2.66. The normalized spacial score (nSPS) is 9.95. The second-order valence-corrected chi connectivity index (χ2v) is 4.98. The highest BCUT2D eigenvalue weighted by Gasteiger charge is 2.73. The molecule has 37 heavy (non-hydrogen) atoms. The van der Waals surface area contributed by atoms with Crippen molar-refractivity contribution in [3.8, 4) is 0 Å². The van der Waals surface area contributed by atoms with Gasteiger partial charge in [0.2, 0.25) is 0 Å². The Kier molecular flexibility index (Phi) is 13.4. The Morgan fingerprint density at radius 2 is 0.703 bits per heavy atom. The lowest BCUT2D eigenvalue weighted by atomic mass is 10.4. The summed E-state index contributed by atoms with van der Waals surface area (Å²) in [6.07, 6.45) is -3.84. The zero-order valence-electron chi connectivity index (χ0n) is 16.7. The van der Waals surface area contributed by atoms with E-state index in [4.69, 9.17) is 0 Å².